The molecule has 1 aromatic heterocycles. The molecule has 0 saturated carbocycles. The van der Waals surface area contributed by atoms with E-state index in [9.17, 15) is 23.7 Å². The number of nitriles is 1. The summed E-state index contributed by atoms with van der Waals surface area (Å²) in [6.07, 6.45) is -3.01. The molecule has 8 heteroatoms. The number of nitrogens with zero attached hydrogens (tertiary/aromatic N) is 3. The van der Waals surface area contributed by atoms with Gasteiger partial charge in [0.1, 0.15) is 11.6 Å². The van der Waals surface area contributed by atoms with Crippen molar-refractivity contribution in [2.45, 2.75) is 6.43 Å². The Kier molecular flexibility index (Phi) is 3.20. The van der Waals surface area contributed by atoms with Crippen molar-refractivity contribution in [3.05, 3.63) is 33.0 Å². The van der Waals surface area contributed by atoms with Crippen molar-refractivity contribution in [3.8, 4) is 6.07 Å². The van der Waals surface area contributed by atoms with E-state index in [2.05, 4.69) is 4.98 Å². The Balaban J connectivity index is 3.57. The number of carbonyl (C=O) groups is 1. The second-order valence-corrected chi connectivity index (χ2v) is 2.62. The zero-order chi connectivity index (χ0) is 12.3. The van der Waals surface area contributed by atoms with Gasteiger partial charge in [-0.25, -0.2) is 8.78 Å². The van der Waals surface area contributed by atoms with Crippen molar-refractivity contribution in [1.82, 2.24) is 4.98 Å². The summed E-state index contributed by atoms with van der Waals surface area (Å²) in [6.45, 7) is 0. The molecule has 16 heavy (non-hydrogen) atoms. The Hall–Kier alpha value is -2.43. The molecule has 0 aliphatic heterocycles. The second-order valence-electron chi connectivity index (χ2n) is 2.62. The standard InChI is InChI=1S/C8H3F2N3O3/c9-7(10)6-1-4(2-11)5(3-14)8(12-6)13(15)16/h1,3,7H. The minimum absolute atomic E-state index is 0.0406. The minimum Gasteiger partial charge on any atom is -0.358 e. The Morgan fingerprint density at radius 3 is 2.62 bits per heavy atom. The van der Waals surface area contributed by atoms with Gasteiger partial charge in [-0.1, -0.05) is 0 Å². The van der Waals surface area contributed by atoms with Crippen LogP contribution in [0, 0.1) is 21.4 Å². The Labute approximate surface area is 87.3 Å². The molecule has 0 aliphatic rings. The summed E-state index contributed by atoms with van der Waals surface area (Å²) in [5, 5.41) is 19.0. The maximum atomic E-state index is 12.3. The SMILES string of the molecule is N#Cc1cc(C(F)F)nc([N+](=O)[O-])c1C=O. The third-order valence-electron chi connectivity index (χ3n) is 1.69. The summed E-state index contributed by atoms with van der Waals surface area (Å²) < 4.78 is 24.6. The number of hydrogen-bond acceptors (Lipinski definition) is 5. The summed E-state index contributed by atoms with van der Waals surface area (Å²) in [7, 11) is 0. The van der Waals surface area contributed by atoms with Gasteiger partial charge in [0.15, 0.2) is 6.29 Å². The van der Waals surface area contributed by atoms with Gasteiger partial charge < -0.3 is 10.1 Å². The number of hydrogen-bond donors (Lipinski definition) is 0. The van der Waals surface area contributed by atoms with Crippen LogP contribution >= 0.6 is 0 Å². The van der Waals surface area contributed by atoms with Crippen molar-refractivity contribution >= 4 is 12.1 Å². The smallest absolute Gasteiger partial charge is 0.358 e. The van der Waals surface area contributed by atoms with Crippen molar-refractivity contribution in [2.75, 3.05) is 0 Å². The zero-order valence-electron chi connectivity index (χ0n) is 7.55. The highest BCUT2D eigenvalue weighted by Gasteiger charge is 2.26. The van der Waals surface area contributed by atoms with Gasteiger partial charge in [0.25, 0.3) is 0 Å². The monoisotopic (exact) mass is 227 g/mol. The van der Waals surface area contributed by atoms with Gasteiger partial charge in [-0.05, 0) is 9.91 Å². The highest BCUT2D eigenvalue weighted by atomic mass is 19.3. The first kappa shape index (κ1) is 11.6. The highest BCUT2D eigenvalue weighted by Crippen LogP contribution is 2.24. The van der Waals surface area contributed by atoms with Gasteiger partial charge in [-0.15, -0.1) is 0 Å². The van der Waals surface area contributed by atoms with Crippen molar-refractivity contribution in [2.24, 2.45) is 0 Å². The Bertz CT molecular complexity index is 496. The third-order valence-corrected chi connectivity index (χ3v) is 1.69. The lowest BCUT2D eigenvalue weighted by molar-refractivity contribution is -0.389. The van der Waals surface area contributed by atoms with E-state index < -0.39 is 34.0 Å². The van der Waals surface area contributed by atoms with Crippen LogP contribution in [-0.2, 0) is 0 Å². The quantitative estimate of drug-likeness (QED) is 0.443. The lowest BCUT2D eigenvalue weighted by atomic mass is 10.1. The van der Waals surface area contributed by atoms with Crippen LogP contribution in [0.2, 0.25) is 0 Å². The summed E-state index contributed by atoms with van der Waals surface area (Å²) in [4.78, 5) is 22.9. The molecule has 0 saturated heterocycles. The molecule has 0 radical (unpaired) electrons. The van der Waals surface area contributed by atoms with Crippen LogP contribution in [0.4, 0.5) is 14.6 Å². The lowest BCUT2D eigenvalue weighted by Crippen LogP contribution is -2.04. The van der Waals surface area contributed by atoms with Crippen LogP contribution in [-0.4, -0.2) is 16.2 Å². The van der Waals surface area contributed by atoms with Gasteiger partial charge in [0.05, 0.1) is 5.56 Å². The fourth-order valence-corrected chi connectivity index (χ4v) is 1.02. The van der Waals surface area contributed by atoms with Crippen LogP contribution in [0.5, 0.6) is 0 Å². The number of alkyl halides is 2. The first-order chi connectivity index (χ1) is 7.51. The van der Waals surface area contributed by atoms with Gasteiger partial charge in [-0.2, -0.15) is 5.26 Å². The molecule has 1 heterocycles. The number of carbonyl (C=O) groups excluding carboxylic acids is 1. The van der Waals surface area contributed by atoms with Crippen molar-refractivity contribution in [3.63, 3.8) is 0 Å². The van der Waals surface area contributed by atoms with Crippen LogP contribution in [0.15, 0.2) is 6.07 Å². The first-order valence-corrected chi connectivity index (χ1v) is 3.84. The summed E-state index contributed by atoms with van der Waals surface area (Å²) in [5.74, 6) is -1.04. The normalized spacial score (nSPS) is 9.88. The summed E-state index contributed by atoms with van der Waals surface area (Å²) in [6, 6.07) is 2.08. The van der Waals surface area contributed by atoms with E-state index in [0.717, 1.165) is 0 Å². The number of aromatic nitrogens is 1. The molecule has 6 nitrogen and oxygen atoms in total. The van der Waals surface area contributed by atoms with Crippen LogP contribution < -0.4 is 0 Å². The highest BCUT2D eigenvalue weighted by molar-refractivity contribution is 5.84. The van der Waals surface area contributed by atoms with Gasteiger partial charge in [0.2, 0.25) is 5.69 Å². The third kappa shape index (κ3) is 1.98. The number of halogens is 2. The molecule has 0 N–H and O–H groups in total. The number of pyridine rings is 1. The van der Waals surface area contributed by atoms with E-state index >= 15 is 0 Å². The van der Waals surface area contributed by atoms with E-state index in [-0.39, 0.29) is 6.29 Å². The molecular formula is C8H3F2N3O3. The molecule has 0 fully saturated rings. The van der Waals surface area contributed by atoms with Crippen molar-refractivity contribution < 1.29 is 18.5 Å². The minimum atomic E-state index is -3.05. The second kappa shape index (κ2) is 4.39. The van der Waals surface area contributed by atoms with Gasteiger partial charge in [0, 0.05) is 6.07 Å². The largest absolute Gasteiger partial charge is 0.375 e. The summed E-state index contributed by atoms with van der Waals surface area (Å²) in [5.41, 5.74) is -2.00. The average Bonchev–Trinajstić information content (AvgIpc) is 2.26. The fraction of sp³-hybridized carbons (Fsp3) is 0.125. The summed E-state index contributed by atoms with van der Waals surface area (Å²) >= 11 is 0. The van der Waals surface area contributed by atoms with E-state index in [1.807, 2.05) is 0 Å². The molecule has 0 aliphatic carbocycles. The van der Waals surface area contributed by atoms with Crippen LogP contribution in [0.3, 0.4) is 0 Å². The molecule has 82 valence electrons. The molecule has 1 rings (SSSR count). The fourth-order valence-electron chi connectivity index (χ4n) is 1.02. The molecule has 0 bridgehead atoms. The van der Waals surface area contributed by atoms with E-state index in [1.165, 1.54) is 6.07 Å². The number of aldehydes is 1. The Morgan fingerprint density at radius 1 is 1.62 bits per heavy atom. The molecule has 1 aromatic rings. The molecule has 0 unspecified atom stereocenters. The van der Waals surface area contributed by atoms with Gasteiger partial charge >= 0.3 is 12.2 Å². The lowest BCUT2D eigenvalue weighted by Gasteiger charge is -2.00. The maximum absolute atomic E-state index is 12.3. The van der Waals surface area contributed by atoms with Crippen molar-refractivity contribution in [1.29, 1.82) is 5.26 Å². The molecule has 0 aromatic carbocycles. The topological polar surface area (TPSA) is 96.9 Å². The Morgan fingerprint density at radius 2 is 2.25 bits per heavy atom. The average molecular weight is 227 g/mol. The maximum Gasteiger partial charge on any atom is 0.375 e. The van der Waals surface area contributed by atoms with E-state index in [4.69, 9.17) is 5.26 Å². The molecule has 0 spiro atoms. The predicted molar refractivity (Wildman–Crippen MR) is 46.0 cm³/mol. The number of rotatable bonds is 3. The van der Waals surface area contributed by atoms with Gasteiger partial charge in [-0.3, -0.25) is 4.79 Å². The van der Waals surface area contributed by atoms with E-state index in [1.54, 1.807) is 0 Å². The predicted octanol–water partition coefficient (Wildman–Crippen LogP) is 1.61. The first-order valence-electron chi connectivity index (χ1n) is 3.84. The molecule has 0 amide bonds. The number of nitro groups is 1. The van der Waals surface area contributed by atoms with Crippen LogP contribution in [0.25, 0.3) is 0 Å². The van der Waals surface area contributed by atoms with E-state index in [0.29, 0.717) is 6.07 Å². The molecular weight excluding hydrogens is 224 g/mol. The zero-order valence-corrected chi connectivity index (χ0v) is 7.55. The molecule has 0 atom stereocenters. The van der Waals surface area contributed by atoms with Crippen LogP contribution in [0.1, 0.15) is 28.0 Å².